The zero-order valence-electron chi connectivity index (χ0n) is 22.7. The van der Waals surface area contributed by atoms with Crippen molar-refractivity contribution in [3.8, 4) is 23.0 Å². The highest BCUT2D eigenvalue weighted by atomic mass is 32.2. The molecule has 1 aliphatic heterocycles. The van der Waals surface area contributed by atoms with Gasteiger partial charge in [-0.15, -0.1) is 0 Å². The van der Waals surface area contributed by atoms with Crippen LogP contribution in [0.15, 0.2) is 71.4 Å². The summed E-state index contributed by atoms with van der Waals surface area (Å²) in [4.78, 5) is 37.0. The van der Waals surface area contributed by atoms with E-state index in [1.165, 1.54) is 37.6 Å². The van der Waals surface area contributed by atoms with Crippen LogP contribution >= 0.6 is 23.1 Å². The molecule has 0 radical (unpaired) electrons. The standard InChI is InChI=1S/C29H26N4O6S2/c1-36-19-10-11-20-24(15-19)41-28(30-20)32-25(34)16-40-29-31-21(27(35)33(29)18-8-6-5-7-9-18)12-17-13-22(37-2)26(39-4)23(14-17)38-3/h5-15H,16H2,1-4H3,(H,30,32,34). The second-order valence-corrected chi connectivity index (χ2v) is 10.5. The Morgan fingerprint density at radius 2 is 1.71 bits per heavy atom. The summed E-state index contributed by atoms with van der Waals surface area (Å²) in [7, 11) is 6.17. The van der Waals surface area contributed by atoms with Gasteiger partial charge in [0.25, 0.3) is 5.91 Å². The summed E-state index contributed by atoms with van der Waals surface area (Å²) in [5, 5.41) is 3.70. The number of methoxy groups -OCH3 is 4. The first-order valence-electron chi connectivity index (χ1n) is 12.3. The number of amidine groups is 1. The van der Waals surface area contributed by atoms with Crippen LogP contribution in [-0.4, -0.2) is 56.2 Å². The molecule has 1 aromatic heterocycles. The number of anilines is 2. The highest BCUT2D eigenvalue weighted by molar-refractivity contribution is 8.14. The van der Waals surface area contributed by atoms with E-state index in [-0.39, 0.29) is 23.3 Å². The van der Waals surface area contributed by atoms with Crippen LogP contribution in [0.2, 0.25) is 0 Å². The van der Waals surface area contributed by atoms with Crippen LogP contribution in [0.1, 0.15) is 5.56 Å². The lowest BCUT2D eigenvalue weighted by atomic mass is 10.1. The van der Waals surface area contributed by atoms with E-state index in [9.17, 15) is 9.59 Å². The normalized spacial score (nSPS) is 13.9. The van der Waals surface area contributed by atoms with Crippen molar-refractivity contribution in [3.63, 3.8) is 0 Å². The van der Waals surface area contributed by atoms with Crippen molar-refractivity contribution in [2.75, 3.05) is 44.4 Å². The Balaban J connectivity index is 1.39. The fourth-order valence-electron chi connectivity index (χ4n) is 4.11. The molecule has 210 valence electrons. The molecule has 1 N–H and O–H groups in total. The Labute approximate surface area is 244 Å². The Kier molecular flexibility index (Phi) is 8.41. The number of thiazole rings is 1. The van der Waals surface area contributed by atoms with Gasteiger partial charge in [0.15, 0.2) is 21.8 Å². The average Bonchev–Trinajstić information content (AvgIpc) is 3.54. The molecule has 4 aromatic rings. The van der Waals surface area contributed by atoms with Gasteiger partial charge in [-0.1, -0.05) is 41.3 Å². The lowest BCUT2D eigenvalue weighted by molar-refractivity contribution is -0.114. The maximum absolute atomic E-state index is 13.6. The minimum atomic E-state index is -0.326. The Hall–Kier alpha value is -4.55. The Morgan fingerprint density at radius 3 is 2.37 bits per heavy atom. The number of carbonyl (C=O) groups excluding carboxylic acids is 2. The largest absolute Gasteiger partial charge is 0.497 e. The van der Waals surface area contributed by atoms with Crippen LogP contribution in [-0.2, 0) is 9.59 Å². The van der Waals surface area contributed by atoms with Gasteiger partial charge in [-0.3, -0.25) is 14.5 Å². The van der Waals surface area contributed by atoms with E-state index in [2.05, 4.69) is 15.3 Å². The van der Waals surface area contributed by atoms with Crippen LogP contribution in [0.4, 0.5) is 10.8 Å². The molecule has 0 bridgehead atoms. The number of thioether (sulfide) groups is 1. The van der Waals surface area contributed by atoms with Crippen LogP contribution in [0.25, 0.3) is 16.3 Å². The fraction of sp³-hybridized carbons (Fsp3) is 0.172. The molecule has 3 aromatic carbocycles. The number of aromatic nitrogens is 1. The van der Waals surface area contributed by atoms with E-state index in [0.717, 1.165) is 27.7 Å². The number of carbonyl (C=O) groups is 2. The molecule has 0 saturated heterocycles. The van der Waals surface area contributed by atoms with Crippen molar-refractivity contribution in [1.29, 1.82) is 0 Å². The third kappa shape index (κ3) is 5.98. The fourth-order valence-corrected chi connectivity index (χ4v) is 5.83. The van der Waals surface area contributed by atoms with Gasteiger partial charge in [0.1, 0.15) is 11.4 Å². The highest BCUT2D eigenvalue weighted by Gasteiger charge is 2.32. The summed E-state index contributed by atoms with van der Waals surface area (Å²) in [5.41, 5.74) is 2.24. The summed E-state index contributed by atoms with van der Waals surface area (Å²) >= 11 is 2.51. The molecular weight excluding hydrogens is 564 g/mol. The average molecular weight is 591 g/mol. The predicted octanol–water partition coefficient (Wildman–Crippen LogP) is 5.45. The zero-order valence-corrected chi connectivity index (χ0v) is 24.3. The molecule has 10 nitrogen and oxygen atoms in total. The number of amides is 2. The minimum Gasteiger partial charge on any atom is -0.497 e. The van der Waals surface area contributed by atoms with Crippen molar-refractivity contribution in [3.05, 3.63) is 71.9 Å². The number of nitrogens with one attached hydrogen (secondary N) is 1. The zero-order chi connectivity index (χ0) is 28.9. The highest BCUT2D eigenvalue weighted by Crippen LogP contribution is 2.39. The van der Waals surface area contributed by atoms with Gasteiger partial charge in [0, 0.05) is 0 Å². The topological polar surface area (TPSA) is 112 Å². The van der Waals surface area contributed by atoms with E-state index in [1.54, 1.807) is 25.3 Å². The van der Waals surface area contributed by atoms with Crippen molar-refractivity contribution in [1.82, 2.24) is 4.98 Å². The van der Waals surface area contributed by atoms with Gasteiger partial charge in [0.2, 0.25) is 11.7 Å². The number of ether oxygens (including phenoxy) is 4. The summed E-state index contributed by atoms with van der Waals surface area (Å²) in [6.45, 7) is 0. The quantitative estimate of drug-likeness (QED) is 0.256. The molecule has 0 fully saturated rings. The molecule has 0 spiro atoms. The predicted molar refractivity (Wildman–Crippen MR) is 163 cm³/mol. The molecule has 0 aliphatic carbocycles. The number of aliphatic imine (C=N–C) groups is 1. The third-order valence-electron chi connectivity index (χ3n) is 6.01. The number of hydrogen-bond donors (Lipinski definition) is 1. The Bertz CT molecular complexity index is 1640. The molecule has 12 heteroatoms. The number of hydrogen-bond acceptors (Lipinski definition) is 10. The molecule has 5 rings (SSSR count). The second-order valence-electron chi connectivity index (χ2n) is 8.55. The summed E-state index contributed by atoms with van der Waals surface area (Å²) < 4.78 is 22.4. The summed E-state index contributed by atoms with van der Waals surface area (Å²) in [6, 6.07) is 18.1. The summed E-state index contributed by atoms with van der Waals surface area (Å²) in [6.07, 6.45) is 1.64. The third-order valence-corrected chi connectivity index (χ3v) is 7.88. The molecular formula is C29H26N4O6S2. The van der Waals surface area contributed by atoms with Crippen molar-refractivity contribution < 1.29 is 28.5 Å². The number of fused-ring (bicyclic) bond motifs is 1. The minimum absolute atomic E-state index is 0.0200. The van der Waals surface area contributed by atoms with Crippen LogP contribution in [0.5, 0.6) is 23.0 Å². The van der Waals surface area contributed by atoms with E-state index in [0.29, 0.717) is 38.8 Å². The van der Waals surface area contributed by atoms with E-state index < -0.39 is 0 Å². The van der Waals surface area contributed by atoms with Crippen LogP contribution in [0.3, 0.4) is 0 Å². The molecule has 1 aliphatic rings. The maximum atomic E-state index is 13.6. The van der Waals surface area contributed by atoms with E-state index in [4.69, 9.17) is 18.9 Å². The van der Waals surface area contributed by atoms with Gasteiger partial charge >= 0.3 is 0 Å². The van der Waals surface area contributed by atoms with Gasteiger partial charge in [-0.25, -0.2) is 9.98 Å². The molecule has 0 atom stereocenters. The smallest absolute Gasteiger partial charge is 0.283 e. The maximum Gasteiger partial charge on any atom is 0.283 e. The monoisotopic (exact) mass is 590 g/mol. The van der Waals surface area contributed by atoms with Gasteiger partial charge in [0.05, 0.1) is 50.1 Å². The second kappa shape index (κ2) is 12.3. The van der Waals surface area contributed by atoms with Crippen molar-refractivity contribution in [2.45, 2.75) is 0 Å². The van der Waals surface area contributed by atoms with Gasteiger partial charge in [-0.05, 0) is 54.1 Å². The molecule has 0 saturated carbocycles. The van der Waals surface area contributed by atoms with E-state index >= 15 is 0 Å². The van der Waals surface area contributed by atoms with Gasteiger partial charge in [-0.2, -0.15) is 0 Å². The molecule has 41 heavy (non-hydrogen) atoms. The first-order valence-corrected chi connectivity index (χ1v) is 14.1. The SMILES string of the molecule is COc1ccc2nc(NC(=O)CSC3=NC(=Cc4cc(OC)c(OC)c(OC)c4)C(=O)N3c3ccccc3)sc2c1. The first kappa shape index (κ1) is 28.0. The molecule has 2 amide bonds. The van der Waals surface area contributed by atoms with Gasteiger partial charge < -0.3 is 24.3 Å². The number of para-hydroxylation sites is 1. The lowest BCUT2D eigenvalue weighted by Gasteiger charge is -2.17. The molecule has 0 unspecified atom stereocenters. The first-order chi connectivity index (χ1) is 19.9. The van der Waals surface area contributed by atoms with Crippen LogP contribution in [0, 0.1) is 0 Å². The number of benzene rings is 3. The Morgan fingerprint density at radius 1 is 0.976 bits per heavy atom. The van der Waals surface area contributed by atoms with Crippen LogP contribution < -0.4 is 29.2 Å². The number of rotatable bonds is 9. The molecule has 2 heterocycles. The van der Waals surface area contributed by atoms with Crippen molar-refractivity contribution >= 4 is 67.2 Å². The lowest BCUT2D eigenvalue weighted by Crippen LogP contribution is -2.31. The number of nitrogens with zero attached hydrogens (tertiary/aromatic N) is 3. The van der Waals surface area contributed by atoms with E-state index in [1.807, 2.05) is 48.5 Å². The summed E-state index contributed by atoms with van der Waals surface area (Å²) in [5.74, 6) is 1.49. The van der Waals surface area contributed by atoms with Crippen molar-refractivity contribution in [2.24, 2.45) is 4.99 Å².